The average Bonchev–Trinajstić information content (AvgIpc) is 3.56. The molecule has 1 aliphatic carbocycles. The van der Waals surface area contributed by atoms with Crippen LogP contribution in [0.2, 0.25) is 5.02 Å². The van der Waals surface area contributed by atoms with Gasteiger partial charge in [0.1, 0.15) is 23.0 Å². The molecule has 6 nitrogen and oxygen atoms in total. The molecule has 7 heteroatoms. The highest BCUT2D eigenvalue weighted by Crippen LogP contribution is 2.39. The second kappa shape index (κ2) is 8.45. The molecule has 5 rings (SSSR count). The largest absolute Gasteiger partial charge is 0.457 e. The van der Waals surface area contributed by atoms with Crippen molar-refractivity contribution in [1.29, 1.82) is 0 Å². The van der Waals surface area contributed by atoms with Gasteiger partial charge in [0.15, 0.2) is 0 Å². The normalized spacial score (nSPS) is 19.7. The van der Waals surface area contributed by atoms with E-state index in [-0.39, 0.29) is 0 Å². The van der Waals surface area contributed by atoms with Gasteiger partial charge in [-0.2, -0.15) is 0 Å². The summed E-state index contributed by atoms with van der Waals surface area (Å²) < 4.78 is 17.5. The Balaban J connectivity index is 1.40. The lowest BCUT2D eigenvalue weighted by atomic mass is 9.95. The van der Waals surface area contributed by atoms with Gasteiger partial charge in [-0.1, -0.05) is 23.7 Å². The lowest BCUT2D eigenvalue weighted by Gasteiger charge is -2.20. The molecule has 0 bridgehead atoms. The van der Waals surface area contributed by atoms with Crippen molar-refractivity contribution in [1.82, 2.24) is 5.32 Å². The fourth-order valence-corrected chi connectivity index (χ4v) is 3.92. The van der Waals surface area contributed by atoms with Crippen LogP contribution in [0.3, 0.4) is 0 Å². The molecule has 1 N–H and O–H groups in total. The van der Waals surface area contributed by atoms with Crippen molar-refractivity contribution >= 4 is 23.6 Å². The SMILES string of the molecule is C[C@@]1(c2cccc(Oc3ccc(Oc4ccc(Cl)cc4)cc3CC3CC3)c2)OC(=O)NC1=O. The molecule has 168 valence electrons. The summed E-state index contributed by atoms with van der Waals surface area (Å²) in [5, 5.41) is 2.83. The number of carbonyl (C=O) groups excluding carboxylic acids is 2. The highest BCUT2D eigenvalue weighted by atomic mass is 35.5. The molecule has 2 fully saturated rings. The molecule has 0 unspecified atom stereocenters. The van der Waals surface area contributed by atoms with E-state index in [1.54, 1.807) is 43.3 Å². The molecule has 33 heavy (non-hydrogen) atoms. The van der Waals surface area contributed by atoms with Crippen molar-refractivity contribution in [3.63, 3.8) is 0 Å². The van der Waals surface area contributed by atoms with E-state index in [1.165, 1.54) is 12.8 Å². The van der Waals surface area contributed by atoms with E-state index in [9.17, 15) is 9.59 Å². The Kier molecular flexibility index (Phi) is 5.46. The molecule has 0 spiro atoms. The molecule has 0 radical (unpaired) electrons. The van der Waals surface area contributed by atoms with Crippen molar-refractivity contribution in [2.75, 3.05) is 0 Å². The van der Waals surface area contributed by atoms with Gasteiger partial charge in [-0.3, -0.25) is 10.1 Å². The number of imide groups is 1. The first-order valence-corrected chi connectivity index (χ1v) is 11.2. The van der Waals surface area contributed by atoms with Crippen LogP contribution in [0.25, 0.3) is 0 Å². The third-order valence-electron chi connectivity index (χ3n) is 5.85. The first kappa shape index (κ1) is 21.3. The number of hydrogen-bond acceptors (Lipinski definition) is 5. The monoisotopic (exact) mass is 463 g/mol. The third-order valence-corrected chi connectivity index (χ3v) is 6.10. The summed E-state index contributed by atoms with van der Waals surface area (Å²) in [7, 11) is 0. The smallest absolute Gasteiger partial charge is 0.415 e. The number of alkyl carbamates (subject to hydrolysis) is 1. The fraction of sp³-hybridized carbons (Fsp3) is 0.231. The summed E-state index contributed by atoms with van der Waals surface area (Å²) in [5.41, 5.74) is 0.198. The van der Waals surface area contributed by atoms with Crippen LogP contribution >= 0.6 is 11.6 Å². The maximum atomic E-state index is 12.2. The summed E-state index contributed by atoms with van der Waals surface area (Å²) >= 11 is 5.96. The zero-order valence-electron chi connectivity index (χ0n) is 18.0. The van der Waals surface area contributed by atoms with Crippen LogP contribution in [-0.4, -0.2) is 12.0 Å². The highest BCUT2D eigenvalue weighted by Gasteiger charge is 2.46. The van der Waals surface area contributed by atoms with Crippen LogP contribution in [-0.2, 0) is 21.6 Å². The molecule has 1 aliphatic heterocycles. The van der Waals surface area contributed by atoms with E-state index < -0.39 is 17.6 Å². The van der Waals surface area contributed by atoms with E-state index in [0.29, 0.717) is 28.0 Å². The van der Waals surface area contributed by atoms with Crippen LogP contribution in [0.15, 0.2) is 66.7 Å². The molecule has 2 amide bonds. The van der Waals surface area contributed by atoms with E-state index in [1.807, 2.05) is 30.3 Å². The molecular weight excluding hydrogens is 442 g/mol. The number of nitrogens with one attached hydrogen (secondary N) is 1. The van der Waals surface area contributed by atoms with Crippen LogP contribution in [0.5, 0.6) is 23.0 Å². The molecular formula is C26H22ClNO5. The predicted molar refractivity (Wildman–Crippen MR) is 123 cm³/mol. The minimum atomic E-state index is -1.39. The quantitative estimate of drug-likeness (QED) is 0.441. The van der Waals surface area contributed by atoms with Crippen molar-refractivity contribution in [2.24, 2.45) is 5.92 Å². The minimum Gasteiger partial charge on any atom is -0.457 e. The fourth-order valence-electron chi connectivity index (χ4n) is 3.79. The van der Waals surface area contributed by atoms with Crippen molar-refractivity contribution in [3.05, 3.63) is 82.9 Å². The summed E-state index contributed by atoms with van der Waals surface area (Å²) in [5.74, 6) is 2.84. The second-order valence-corrected chi connectivity index (χ2v) is 8.92. The van der Waals surface area contributed by atoms with Crippen molar-refractivity contribution in [3.8, 4) is 23.0 Å². The molecule has 1 saturated carbocycles. The van der Waals surface area contributed by atoms with E-state index >= 15 is 0 Å². The number of rotatable bonds is 7. The number of cyclic esters (lactones) is 1. The van der Waals surface area contributed by atoms with Gasteiger partial charge in [0.2, 0.25) is 5.60 Å². The molecule has 0 aromatic heterocycles. The maximum Gasteiger partial charge on any atom is 0.415 e. The van der Waals surface area contributed by atoms with E-state index in [0.717, 1.165) is 23.5 Å². The van der Waals surface area contributed by atoms with Gasteiger partial charge in [0.05, 0.1) is 0 Å². The standard InChI is InChI=1S/C26H22ClNO5/c1-26(24(29)28-25(30)33-26)18-3-2-4-21(15-18)32-23-12-11-22(14-17(23)13-16-5-6-16)31-20-9-7-19(27)8-10-20/h2-4,7-12,14-16H,5-6,13H2,1H3,(H,28,29,30)/t26-/m0/s1. The lowest BCUT2D eigenvalue weighted by Crippen LogP contribution is -2.33. The van der Waals surface area contributed by atoms with Gasteiger partial charge in [0.25, 0.3) is 5.91 Å². The topological polar surface area (TPSA) is 73.9 Å². The number of carbonyl (C=O) groups is 2. The minimum absolute atomic E-state index is 0.497. The number of hydrogen-bond donors (Lipinski definition) is 1. The van der Waals surface area contributed by atoms with Crippen LogP contribution in [0.4, 0.5) is 4.79 Å². The van der Waals surface area contributed by atoms with Gasteiger partial charge >= 0.3 is 6.09 Å². The Morgan fingerprint density at radius 2 is 1.70 bits per heavy atom. The lowest BCUT2D eigenvalue weighted by molar-refractivity contribution is -0.130. The van der Waals surface area contributed by atoms with Crippen LogP contribution in [0.1, 0.15) is 30.9 Å². The van der Waals surface area contributed by atoms with Gasteiger partial charge < -0.3 is 14.2 Å². The Bertz CT molecular complexity index is 1220. The average molecular weight is 464 g/mol. The summed E-state index contributed by atoms with van der Waals surface area (Å²) in [6.45, 7) is 1.56. The second-order valence-electron chi connectivity index (χ2n) is 8.48. The van der Waals surface area contributed by atoms with Gasteiger partial charge in [-0.05, 0) is 92.3 Å². The highest BCUT2D eigenvalue weighted by molar-refractivity contribution is 6.30. The van der Waals surface area contributed by atoms with E-state index in [2.05, 4.69) is 5.32 Å². The Labute approximate surface area is 196 Å². The number of ether oxygens (including phenoxy) is 3. The molecule has 2 aliphatic rings. The third kappa shape index (κ3) is 4.66. The summed E-state index contributed by atoms with van der Waals surface area (Å²) in [6, 6.07) is 20.0. The Hall–Kier alpha value is -3.51. The maximum absolute atomic E-state index is 12.2. The van der Waals surface area contributed by atoms with Crippen LogP contribution in [0, 0.1) is 5.92 Å². The number of amides is 2. The van der Waals surface area contributed by atoms with Gasteiger partial charge in [0, 0.05) is 10.6 Å². The Morgan fingerprint density at radius 3 is 2.39 bits per heavy atom. The summed E-state index contributed by atoms with van der Waals surface area (Å²) in [4.78, 5) is 23.8. The molecule has 3 aromatic carbocycles. The van der Waals surface area contributed by atoms with Gasteiger partial charge in [-0.15, -0.1) is 0 Å². The summed E-state index contributed by atoms with van der Waals surface area (Å²) in [6.07, 6.45) is 2.55. The van der Waals surface area contributed by atoms with Crippen molar-refractivity contribution in [2.45, 2.75) is 31.8 Å². The first-order valence-electron chi connectivity index (χ1n) is 10.8. The molecule has 1 atom stereocenters. The van der Waals surface area contributed by atoms with Crippen LogP contribution < -0.4 is 14.8 Å². The van der Waals surface area contributed by atoms with Crippen molar-refractivity contribution < 1.29 is 23.8 Å². The molecule has 3 aromatic rings. The zero-order valence-corrected chi connectivity index (χ0v) is 18.7. The number of benzene rings is 3. The first-order chi connectivity index (χ1) is 15.9. The molecule has 1 saturated heterocycles. The Morgan fingerprint density at radius 1 is 0.970 bits per heavy atom. The van der Waals surface area contributed by atoms with Gasteiger partial charge in [-0.25, -0.2) is 4.79 Å². The zero-order chi connectivity index (χ0) is 23.0. The number of halogens is 1. The molecule has 1 heterocycles. The predicted octanol–water partition coefficient (Wildman–Crippen LogP) is 6.36. The van der Waals surface area contributed by atoms with E-state index in [4.69, 9.17) is 25.8 Å².